The van der Waals surface area contributed by atoms with Gasteiger partial charge in [0.25, 0.3) is 0 Å². The van der Waals surface area contributed by atoms with Crippen molar-refractivity contribution in [3.05, 3.63) is 162 Å². The summed E-state index contributed by atoms with van der Waals surface area (Å²) in [5.74, 6) is 2.36. The monoisotopic (exact) mass is 550 g/mol. The SMILES string of the molecule is C1=C(c2cc(-c3ccccc3)cc(-c3ccc4c5c(cccc35)-c3ccccc3O4)c2)C=C2CCc3ccccc3C2C1. The zero-order valence-corrected chi connectivity index (χ0v) is 23.9. The number of allylic oxidation sites excluding steroid dienone is 4. The fraction of sp³-hybridized carbons (Fsp3) is 0.0952. The van der Waals surface area contributed by atoms with Gasteiger partial charge in [-0.25, -0.2) is 0 Å². The van der Waals surface area contributed by atoms with Gasteiger partial charge in [-0.05, 0) is 105 Å². The average Bonchev–Trinajstić information content (AvgIpc) is 3.08. The molecule has 0 N–H and O–H groups in total. The van der Waals surface area contributed by atoms with E-state index in [9.17, 15) is 0 Å². The number of aryl methyl sites for hydroxylation is 1. The smallest absolute Gasteiger partial charge is 0.135 e. The van der Waals surface area contributed by atoms with Crippen LogP contribution in [0.5, 0.6) is 11.5 Å². The molecule has 0 radical (unpaired) electrons. The molecule has 0 spiro atoms. The highest BCUT2D eigenvalue weighted by atomic mass is 16.5. The first kappa shape index (κ1) is 24.5. The largest absolute Gasteiger partial charge is 0.456 e. The van der Waals surface area contributed by atoms with E-state index in [1.165, 1.54) is 60.9 Å². The van der Waals surface area contributed by atoms with Crippen LogP contribution in [0, 0.1) is 0 Å². The number of hydrogen-bond donors (Lipinski definition) is 0. The van der Waals surface area contributed by atoms with Crippen molar-refractivity contribution in [3.63, 3.8) is 0 Å². The Bertz CT molecular complexity index is 2130. The summed E-state index contributed by atoms with van der Waals surface area (Å²) in [6.45, 7) is 0. The van der Waals surface area contributed by atoms with E-state index in [0.29, 0.717) is 5.92 Å². The third-order valence-electron chi connectivity index (χ3n) is 9.56. The van der Waals surface area contributed by atoms with E-state index in [0.717, 1.165) is 36.3 Å². The van der Waals surface area contributed by atoms with Crippen molar-refractivity contribution in [1.82, 2.24) is 0 Å². The molecule has 204 valence electrons. The molecule has 1 aliphatic heterocycles. The molecule has 0 aromatic heterocycles. The summed E-state index contributed by atoms with van der Waals surface area (Å²) in [5, 5.41) is 2.41. The molecule has 43 heavy (non-hydrogen) atoms. The summed E-state index contributed by atoms with van der Waals surface area (Å²) in [5.41, 5.74) is 14.5. The molecule has 0 saturated heterocycles. The molecule has 1 heterocycles. The van der Waals surface area contributed by atoms with Crippen molar-refractivity contribution in [2.75, 3.05) is 0 Å². The van der Waals surface area contributed by atoms with Crippen LogP contribution in [0.15, 0.2) is 145 Å². The van der Waals surface area contributed by atoms with Gasteiger partial charge in [-0.2, -0.15) is 0 Å². The Morgan fingerprint density at radius 3 is 2.28 bits per heavy atom. The predicted octanol–water partition coefficient (Wildman–Crippen LogP) is 11.4. The second-order valence-electron chi connectivity index (χ2n) is 12.0. The molecule has 6 aromatic carbocycles. The van der Waals surface area contributed by atoms with Gasteiger partial charge >= 0.3 is 0 Å². The number of para-hydroxylation sites is 1. The van der Waals surface area contributed by atoms with Gasteiger partial charge in [0.15, 0.2) is 0 Å². The summed E-state index contributed by atoms with van der Waals surface area (Å²) >= 11 is 0. The fourth-order valence-electron chi connectivity index (χ4n) is 7.49. The van der Waals surface area contributed by atoms with Crippen molar-refractivity contribution < 1.29 is 4.74 Å². The molecule has 9 rings (SSSR count). The van der Waals surface area contributed by atoms with Crippen LogP contribution in [-0.2, 0) is 6.42 Å². The van der Waals surface area contributed by atoms with E-state index in [-0.39, 0.29) is 0 Å². The van der Waals surface area contributed by atoms with Gasteiger partial charge in [0.1, 0.15) is 11.5 Å². The molecule has 0 saturated carbocycles. The first-order chi connectivity index (χ1) is 21.3. The van der Waals surface area contributed by atoms with Crippen LogP contribution in [0.25, 0.3) is 49.7 Å². The van der Waals surface area contributed by atoms with Gasteiger partial charge in [-0.1, -0.05) is 115 Å². The molecule has 2 aliphatic carbocycles. The third-order valence-corrected chi connectivity index (χ3v) is 9.56. The minimum Gasteiger partial charge on any atom is -0.456 e. The summed E-state index contributed by atoms with van der Waals surface area (Å²) in [4.78, 5) is 0. The number of ether oxygens (including phenoxy) is 1. The number of hydrogen-bond acceptors (Lipinski definition) is 1. The zero-order valence-electron chi connectivity index (χ0n) is 23.9. The highest BCUT2D eigenvalue weighted by Crippen LogP contribution is 2.49. The average molecular weight is 551 g/mol. The van der Waals surface area contributed by atoms with E-state index in [4.69, 9.17) is 4.74 Å². The third kappa shape index (κ3) is 4.00. The predicted molar refractivity (Wildman–Crippen MR) is 179 cm³/mol. The quantitative estimate of drug-likeness (QED) is 0.213. The molecule has 0 bridgehead atoms. The lowest BCUT2D eigenvalue weighted by atomic mass is 9.74. The van der Waals surface area contributed by atoms with Crippen LogP contribution in [0.4, 0.5) is 0 Å². The standard InChI is InChI=1S/C42H30O/c1-2-9-27(10-3-1)31-24-32(29-19-20-35-30(23-29)18-17-28-11-4-5-12-34(28)35)26-33(25-31)36-21-22-41-42-38(36)14-8-15-39(42)37-13-6-7-16-40(37)43-41/h1-16,19,21-26,35H,17-18,20H2. The lowest BCUT2D eigenvalue weighted by Crippen LogP contribution is -2.14. The molecule has 1 unspecified atom stereocenters. The maximum atomic E-state index is 6.41. The first-order valence-corrected chi connectivity index (χ1v) is 15.3. The second kappa shape index (κ2) is 9.71. The molecule has 1 nitrogen and oxygen atoms in total. The Hall–Kier alpha value is -5.14. The minimum atomic E-state index is 0.508. The van der Waals surface area contributed by atoms with Crippen molar-refractivity contribution in [3.8, 4) is 44.9 Å². The molecule has 1 heteroatoms. The maximum absolute atomic E-state index is 6.41. The van der Waals surface area contributed by atoms with Crippen molar-refractivity contribution in [1.29, 1.82) is 0 Å². The molecule has 0 fully saturated rings. The lowest BCUT2D eigenvalue weighted by Gasteiger charge is -2.31. The summed E-state index contributed by atoms with van der Waals surface area (Å²) in [6.07, 6.45) is 8.28. The molecule has 6 aromatic rings. The summed E-state index contributed by atoms with van der Waals surface area (Å²) < 4.78 is 6.41. The first-order valence-electron chi connectivity index (χ1n) is 15.3. The molecular weight excluding hydrogens is 520 g/mol. The van der Waals surface area contributed by atoms with Crippen LogP contribution in [0.2, 0.25) is 0 Å². The highest BCUT2D eigenvalue weighted by molar-refractivity contribution is 6.10. The highest BCUT2D eigenvalue weighted by Gasteiger charge is 2.27. The van der Waals surface area contributed by atoms with E-state index >= 15 is 0 Å². The van der Waals surface area contributed by atoms with E-state index in [2.05, 4.69) is 133 Å². The Morgan fingerprint density at radius 1 is 0.535 bits per heavy atom. The zero-order chi connectivity index (χ0) is 28.3. The normalized spacial score (nSPS) is 16.3. The number of benzene rings is 6. The number of fused-ring (bicyclic) bond motifs is 5. The summed E-state index contributed by atoms with van der Waals surface area (Å²) in [7, 11) is 0. The van der Waals surface area contributed by atoms with Crippen molar-refractivity contribution in [2.45, 2.75) is 25.2 Å². The van der Waals surface area contributed by atoms with Gasteiger partial charge in [-0.15, -0.1) is 0 Å². The molecular formula is C42H30O. The maximum Gasteiger partial charge on any atom is 0.135 e. The topological polar surface area (TPSA) is 9.23 Å². The Morgan fingerprint density at radius 2 is 1.33 bits per heavy atom. The van der Waals surface area contributed by atoms with Gasteiger partial charge in [0.05, 0.1) is 0 Å². The second-order valence-corrected chi connectivity index (χ2v) is 12.0. The number of rotatable bonds is 3. The van der Waals surface area contributed by atoms with Crippen molar-refractivity contribution in [2.24, 2.45) is 0 Å². The van der Waals surface area contributed by atoms with Crippen LogP contribution in [0.1, 0.15) is 35.4 Å². The summed E-state index contributed by atoms with van der Waals surface area (Å²) in [6, 6.07) is 46.3. The Labute approximate surface area is 252 Å². The van der Waals surface area contributed by atoms with Crippen LogP contribution in [-0.4, -0.2) is 0 Å². The fourth-order valence-corrected chi connectivity index (χ4v) is 7.49. The van der Waals surface area contributed by atoms with Crippen LogP contribution in [0.3, 0.4) is 0 Å². The Kier molecular flexibility index (Phi) is 5.52. The lowest BCUT2D eigenvalue weighted by molar-refractivity contribution is 0.487. The molecule has 0 amide bonds. The van der Waals surface area contributed by atoms with Gasteiger partial charge in [0, 0.05) is 16.9 Å². The molecule has 1 atom stereocenters. The van der Waals surface area contributed by atoms with Crippen molar-refractivity contribution >= 4 is 16.3 Å². The van der Waals surface area contributed by atoms with Crippen LogP contribution >= 0.6 is 0 Å². The van der Waals surface area contributed by atoms with Gasteiger partial charge < -0.3 is 4.74 Å². The molecule has 3 aliphatic rings. The van der Waals surface area contributed by atoms with E-state index < -0.39 is 0 Å². The van der Waals surface area contributed by atoms with E-state index in [1.807, 2.05) is 6.07 Å². The van der Waals surface area contributed by atoms with Gasteiger partial charge in [-0.3, -0.25) is 0 Å². The van der Waals surface area contributed by atoms with E-state index in [1.54, 1.807) is 5.57 Å². The minimum absolute atomic E-state index is 0.508. The Balaban J connectivity index is 1.21. The van der Waals surface area contributed by atoms with Gasteiger partial charge in [0.2, 0.25) is 0 Å². The van der Waals surface area contributed by atoms with Crippen LogP contribution < -0.4 is 4.74 Å².